The molecule has 0 aliphatic carbocycles. The SMILES string of the molecule is CNC(=O)NC(=O)CCSCc1cccc([N+](=O)[O-])c1. The van der Waals surface area contributed by atoms with Gasteiger partial charge in [0.05, 0.1) is 4.92 Å². The molecule has 7 nitrogen and oxygen atoms in total. The molecule has 0 spiro atoms. The molecule has 0 unspecified atom stereocenters. The van der Waals surface area contributed by atoms with Crippen LogP contribution in [0.15, 0.2) is 24.3 Å². The maximum Gasteiger partial charge on any atom is 0.321 e. The molecule has 0 atom stereocenters. The van der Waals surface area contributed by atoms with Gasteiger partial charge in [0.1, 0.15) is 0 Å². The number of thioether (sulfide) groups is 1. The van der Waals surface area contributed by atoms with E-state index in [0.717, 1.165) is 5.56 Å². The number of nitro groups is 1. The van der Waals surface area contributed by atoms with Crippen LogP contribution in [0, 0.1) is 10.1 Å². The Morgan fingerprint density at radius 1 is 1.40 bits per heavy atom. The van der Waals surface area contributed by atoms with E-state index in [1.54, 1.807) is 12.1 Å². The van der Waals surface area contributed by atoms with E-state index < -0.39 is 11.0 Å². The summed E-state index contributed by atoms with van der Waals surface area (Å²) in [4.78, 5) is 32.3. The zero-order valence-corrected chi connectivity index (χ0v) is 11.7. The molecule has 0 saturated heterocycles. The number of non-ortho nitro benzene ring substituents is 1. The Labute approximate surface area is 120 Å². The first-order chi connectivity index (χ1) is 9.52. The quantitative estimate of drug-likeness (QED) is 0.472. The third kappa shape index (κ3) is 5.70. The number of benzene rings is 1. The molecule has 0 aliphatic heterocycles. The highest BCUT2D eigenvalue weighted by molar-refractivity contribution is 7.98. The lowest BCUT2D eigenvalue weighted by atomic mass is 10.2. The fourth-order valence-electron chi connectivity index (χ4n) is 1.37. The number of nitrogens with zero attached hydrogens (tertiary/aromatic N) is 1. The number of carbonyl (C=O) groups is 2. The monoisotopic (exact) mass is 297 g/mol. The van der Waals surface area contributed by atoms with Crippen LogP contribution in [-0.4, -0.2) is 29.7 Å². The van der Waals surface area contributed by atoms with Crippen LogP contribution in [0.25, 0.3) is 0 Å². The fourth-order valence-corrected chi connectivity index (χ4v) is 2.26. The minimum absolute atomic E-state index is 0.0560. The summed E-state index contributed by atoms with van der Waals surface area (Å²) in [6, 6.07) is 5.85. The Bertz CT molecular complexity index is 507. The lowest BCUT2D eigenvalue weighted by Gasteiger charge is -2.03. The summed E-state index contributed by atoms with van der Waals surface area (Å²) in [5.74, 6) is 0.761. The predicted octanol–water partition coefficient (Wildman–Crippen LogP) is 1.67. The molecule has 0 saturated carbocycles. The average Bonchev–Trinajstić information content (AvgIpc) is 2.43. The third-order valence-electron chi connectivity index (χ3n) is 2.34. The number of nitrogens with one attached hydrogen (secondary N) is 2. The van der Waals surface area contributed by atoms with E-state index in [9.17, 15) is 19.7 Å². The Balaban J connectivity index is 2.31. The van der Waals surface area contributed by atoms with E-state index in [1.807, 2.05) is 0 Å². The van der Waals surface area contributed by atoms with E-state index in [0.29, 0.717) is 11.5 Å². The molecule has 1 aromatic rings. The molecule has 20 heavy (non-hydrogen) atoms. The summed E-state index contributed by atoms with van der Waals surface area (Å²) < 4.78 is 0. The van der Waals surface area contributed by atoms with Crippen LogP contribution >= 0.6 is 11.8 Å². The largest absolute Gasteiger partial charge is 0.341 e. The Kier molecular flexibility index (Phi) is 6.51. The Hall–Kier alpha value is -2.09. The smallest absolute Gasteiger partial charge is 0.321 e. The predicted molar refractivity (Wildman–Crippen MR) is 76.5 cm³/mol. The van der Waals surface area contributed by atoms with Gasteiger partial charge in [0.25, 0.3) is 5.69 Å². The first-order valence-electron chi connectivity index (χ1n) is 5.85. The van der Waals surface area contributed by atoms with Crippen LogP contribution < -0.4 is 10.6 Å². The highest BCUT2D eigenvalue weighted by Gasteiger charge is 2.07. The van der Waals surface area contributed by atoms with Crippen LogP contribution in [0.2, 0.25) is 0 Å². The van der Waals surface area contributed by atoms with Crippen molar-refractivity contribution in [3.63, 3.8) is 0 Å². The highest BCUT2D eigenvalue weighted by atomic mass is 32.2. The van der Waals surface area contributed by atoms with Crippen molar-refractivity contribution in [3.05, 3.63) is 39.9 Å². The molecule has 3 amide bonds. The van der Waals surface area contributed by atoms with Gasteiger partial charge in [-0.3, -0.25) is 20.2 Å². The summed E-state index contributed by atoms with van der Waals surface area (Å²) in [5.41, 5.74) is 0.886. The number of amides is 3. The maximum absolute atomic E-state index is 11.3. The van der Waals surface area contributed by atoms with Gasteiger partial charge < -0.3 is 5.32 Å². The molecule has 8 heteroatoms. The van der Waals surface area contributed by atoms with Crippen LogP contribution in [0.1, 0.15) is 12.0 Å². The number of imide groups is 1. The molecule has 0 fully saturated rings. The number of rotatable bonds is 6. The molecule has 1 rings (SSSR count). The molecule has 0 aromatic heterocycles. The summed E-state index contributed by atoms with van der Waals surface area (Å²) >= 11 is 1.47. The molecule has 108 valence electrons. The van der Waals surface area contributed by atoms with Gasteiger partial charge in [0.2, 0.25) is 5.91 Å². The van der Waals surface area contributed by atoms with Gasteiger partial charge in [-0.25, -0.2) is 4.79 Å². The van der Waals surface area contributed by atoms with Crippen molar-refractivity contribution in [3.8, 4) is 0 Å². The van der Waals surface area contributed by atoms with E-state index >= 15 is 0 Å². The van der Waals surface area contributed by atoms with Crippen LogP contribution in [0.5, 0.6) is 0 Å². The molecule has 1 aromatic carbocycles. The van der Waals surface area contributed by atoms with E-state index in [2.05, 4.69) is 10.6 Å². The summed E-state index contributed by atoms with van der Waals surface area (Å²) in [6.45, 7) is 0. The summed E-state index contributed by atoms with van der Waals surface area (Å²) in [5, 5.41) is 15.1. The number of urea groups is 1. The maximum atomic E-state index is 11.3. The van der Waals surface area contributed by atoms with Gasteiger partial charge in [0, 0.05) is 37.1 Å². The highest BCUT2D eigenvalue weighted by Crippen LogP contribution is 2.18. The zero-order chi connectivity index (χ0) is 15.0. The van der Waals surface area contributed by atoms with Gasteiger partial charge in [-0.15, -0.1) is 0 Å². The zero-order valence-electron chi connectivity index (χ0n) is 10.9. The first-order valence-corrected chi connectivity index (χ1v) is 7.01. The molecule has 0 aliphatic rings. The fraction of sp³-hybridized carbons (Fsp3) is 0.333. The summed E-state index contributed by atoms with van der Waals surface area (Å²) in [6.07, 6.45) is 0.215. The topological polar surface area (TPSA) is 101 Å². The van der Waals surface area contributed by atoms with Crippen molar-refractivity contribution in [2.24, 2.45) is 0 Å². The van der Waals surface area contributed by atoms with Gasteiger partial charge >= 0.3 is 6.03 Å². The second-order valence-electron chi connectivity index (χ2n) is 3.86. The van der Waals surface area contributed by atoms with Gasteiger partial charge in [0.15, 0.2) is 0 Å². The second-order valence-corrected chi connectivity index (χ2v) is 4.96. The molecule has 0 bridgehead atoms. The molecule has 0 heterocycles. The average molecular weight is 297 g/mol. The van der Waals surface area contributed by atoms with Crippen LogP contribution in [0.3, 0.4) is 0 Å². The minimum atomic E-state index is -0.529. The van der Waals surface area contributed by atoms with E-state index in [-0.39, 0.29) is 18.0 Å². The molecule has 2 N–H and O–H groups in total. The Morgan fingerprint density at radius 3 is 2.80 bits per heavy atom. The summed E-state index contributed by atoms with van der Waals surface area (Å²) in [7, 11) is 1.43. The Morgan fingerprint density at radius 2 is 2.15 bits per heavy atom. The van der Waals surface area contributed by atoms with Crippen molar-refractivity contribution in [2.45, 2.75) is 12.2 Å². The number of carbonyl (C=O) groups excluding carboxylic acids is 2. The standard InChI is InChI=1S/C12H15N3O4S/c1-13-12(17)14-11(16)5-6-20-8-9-3-2-4-10(7-9)15(18)19/h2-4,7H,5-6,8H2,1H3,(H2,13,14,16,17). The van der Waals surface area contributed by atoms with Crippen molar-refractivity contribution < 1.29 is 14.5 Å². The second kappa shape index (κ2) is 8.16. The molecular weight excluding hydrogens is 282 g/mol. The van der Waals surface area contributed by atoms with E-state index in [4.69, 9.17) is 0 Å². The van der Waals surface area contributed by atoms with Crippen molar-refractivity contribution >= 4 is 29.4 Å². The number of nitro benzene ring substituents is 1. The first kappa shape index (κ1) is 16.0. The normalized spacial score (nSPS) is 9.85. The van der Waals surface area contributed by atoms with Crippen molar-refractivity contribution in [1.29, 1.82) is 0 Å². The molecule has 0 radical (unpaired) electrons. The minimum Gasteiger partial charge on any atom is -0.341 e. The van der Waals surface area contributed by atoms with Gasteiger partial charge in [-0.1, -0.05) is 12.1 Å². The van der Waals surface area contributed by atoms with Gasteiger partial charge in [-0.2, -0.15) is 11.8 Å². The molecular formula is C12H15N3O4S. The van der Waals surface area contributed by atoms with Gasteiger partial charge in [-0.05, 0) is 5.56 Å². The number of hydrogen-bond acceptors (Lipinski definition) is 5. The van der Waals surface area contributed by atoms with Crippen molar-refractivity contribution in [1.82, 2.24) is 10.6 Å². The number of hydrogen-bond donors (Lipinski definition) is 2. The van der Waals surface area contributed by atoms with Crippen molar-refractivity contribution in [2.75, 3.05) is 12.8 Å². The van der Waals surface area contributed by atoms with Crippen LogP contribution in [-0.2, 0) is 10.5 Å². The lowest BCUT2D eigenvalue weighted by molar-refractivity contribution is -0.384. The van der Waals surface area contributed by atoms with E-state index in [1.165, 1.54) is 30.9 Å². The lowest BCUT2D eigenvalue weighted by Crippen LogP contribution is -2.37. The third-order valence-corrected chi connectivity index (χ3v) is 3.37. The van der Waals surface area contributed by atoms with Crippen LogP contribution in [0.4, 0.5) is 10.5 Å².